The Balaban J connectivity index is 5.30. The smallest absolute Gasteiger partial charge is 0.308 e. The zero-order valence-corrected chi connectivity index (χ0v) is 24.9. The van der Waals surface area contributed by atoms with E-state index in [1.807, 2.05) is 0 Å². The molecule has 0 amide bonds. The molecule has 202 valence electrons. The summed E-state index contributed by atoms with van der Waals surface area (Å²) in [5, 5.41) is 9.33. The van der Waals surface area contributed by atoms with Crippen LogP contribution < -0.4 is 0 Å². The van der Waals surface area contributed by atoms with Crippen molar-refractivity contribution in [3.05, 3.63) is 0 Å². The van der Waals surface area contributed by atoms with Gasteiger partial charge in [0.2, 0.25) is 0 Å². The molecule has 0 bridgehead atoms. The molecule has 4 unspecified atom stereocenters. The second-order valence-corrected chi connectivity index (χ2v) is 16.5. The number of aliphatic carboxylic acids is 1. The molecule has 0 fully saturated rings. The van der Waals surface area contributed by atoms with Crippen LogP contribution in [0, 0.1) is 17.8 Å². The van der Waals surface area contributed by atoms with E-state index in [4.69, 9.17) is 9.16 Å². The summed E-state index contributed by atoms with van der Waals surface area (Å²) in [6.45, 7) is 19.9. The van der Waals surface area contributed by atoms with Crippen molar-refractivity contribution in [2.75, 3.05) is 6.61 Å². The fraction of sp³-hybridized carbons (Fsp3) is 0.929. The summed E-state index contributed by atoms with van der Waals surface area (Å²) >= 11 is 0. The number of carboxylic acid groups (broad SMARTS) is 1. The lowest BCUT2D eigenvalue weighted by atomic mass is 9.79. The van der Waals surface area contributed by atoms with Gasteiger partial charge in [0, 0.05) is 0 Å². The molecule has 0 radical (unpaired) electrons. The molecule has 0 aliphatic rings. The van der Waals surface area contributed by atoms with Crippen LogP contribution in [0.15, 0.2) is 0 Å². The molecule has 0 spiro atoms. The van der Waals surface area contributed by atoms with Gasteiger partial charge in [0.1, 0.15) is 0 Å². The Labute approximate surface area is 211 Å². The standard InChI is InChI=1S/C28H56O5Si/c1-10-14-16-22(12-3)18-24(23(13-4)17-15-11-2)21-32-27(31)20-25(19-26(29)30)33-34(8,9)28(5,6)7/h22-25H,10-21H2,1-9H3,(H,29,30). The van der Waals surface area contributed by atoms with Crippen LogP contribution in [0.4, 0.5) is 0 Å². The van der Waals surface area contributed by atoms with Gasteiger partial charge in [-0.25, -0.2) is 0 Å². The second-order valence-electron chi connectivity index (χ2n) is 11.7. The van der Waals surface area contributed by atoms with Crippen LogP contribution in [0.3, 0.4) is 0 Å². The maximum Gasteiger partial charge on any atom is 0.308 e. The van der Waals surface area contributed by atoms with Gasteiger partial charge >= 0.3 is 11.9 Å². The molecular formula is C28H56O5Si. The zero-order chi connectivity index (χ0) is 26.4. The Morgan fingerprint density at radius 2 is 1.47 bits per heavy atom. The summed E-state index contributed by atoms with van der Waals surface area (Å²) in [4.78, 5) is 24.3. The van der Waals surface area contributed by atoms with E-state index in [-0.39, 0.29) is 23.8 Å². The predicted molar refractivity (Wildman–Crippen MR) is 145 cm³/mol. The van der Waals surface area contributed by atoms with Crippen LogP contribution in [0.1, 0.15) is 119 Å². The molecule has 0 heterocycles. The maximum absolute atomic E-state index is 12.8. The van der Waals surface area contributed by atoms with Crippen LogP contribution in [0.2, 0.25) is 18.1 Å². The van der Waals surface area contributed by atoms with E-state index in [9.17, 15) is 14.7 Å². The first-order valence-corrected chi connectivity index (χ1v) is 16.8. The number of carbonyl (C=O) groups excluding carboxylic acids is 1. The molecule has 0 aliphatic carbocycles. The molecule has 0 saturated heterocycles. The lowest BCUT2D eigenvalue weighted by Crippen LogP contribution is -2.45. The van der Waals surface area contributed by atoms with Gasteiger partial charge < -0.3 is 14.3 Å². The summed E-state index contributed by atoms with van der Waals surface area (Å²) < 4.78 is 12.1. The molecule has 4 atom stereocenters. The van der Waals surface area contributed by atoms with Crippen LogP contribution >= 0.6 is 0 Å². The minimum atomic E-state index is -2.20. The molecule has 0 aliphatic heterocycles. The molecule has 0 rings (SSSR count). The lowest BCUT2D eigenvalue weighted by molar-refractivity contribution is -0.149. The molecule has 0 aromatic carbocycles. The quantitative estimate of drug-likeness (QED) is 0.143. The first-order chi connectivity index (χ1) is 15.8. The number of carboxylic acids is 1. The summed E-state index contributed by atoms with van der Waals surface area (Å²) in [6, 6.07) is 0. The monoisotopic (exact) mass is 500 g/mol. The fourth-order valence-electron chi connectivity index (χ4n) is 4.43. The Bertz CT molecular complexity index is 570. The van der Waals surface area contributed by atoms with Gasteiger partial charge in [-0.1, -0.05) is 99.8 Å². The summed E-state index contributed by atoms with van der Waals surface area (Å²) in [6.07, 6.45) is 9.81. The number of hydrogen-bond donors (Lipinski definition) is 1. The minimum Gasteiger partial charge on any atom is -0.481 e. The molecule has 1 N–H and O–H groups in total. The molecule has 6 heteroatoms. The van der Waals surface area contributed by atoms with E-state index in [0.29, 0.717) is 24.4 Å². The molecule has 0 saturated carbocycles. The van der Waals surface area contributed by atoms with E-state index >= 15 is 0 Å². The second kappa shape index (κ2) is 16.7. The fourth-order valence-corrected chi connectivity index (χ4v) is 5.79. The summed E-state index contributed by atoms with van der Waals surface area (Å²) in [5.41, 5.74) is 0. The zero-order valence-electron chi connectivity index (χ0n) is 23.9. The first-order valence-electron chi connectivity index (χ1n) is 13.9. The predicted octanol–water partition coefficient (Wildman–Crippen LogP) is 8.22. The SMILES string of the molecule is CCCCC(CC)CC(COC(=O)CC(CC(=O)O)O[Si](C)(C)C(C)(C)C)C(CC)CCCC. The largest absolute Gasteiger partial charge is 0.481 e. The van der Waals surface area contributed by atoms with Crippen molar-refractivity contribution in [3.8, 4) is 0 Å². The number of ether oxygens (including phenoxy) is 1. The number of hydrogen-bond acceptors (Lipinski definition) is 4. The average Bonchev–Trinajstić information content (AvgIpc) is 2.72. The molecular weight excluding hydrogens is 444 g/mol. The van der Waals surface area contributed by atoms with Gasteiger partial charge in [0.25, 0.3) is 0 Å². The molecule has 34 heavy (non-hydrogen) atoms. The molecule has 0 aromatic heterocycles. The van der Waals surface area contributed by atoms with Gasteiger partial charge in [0.15, 0.2) is 8.32 Å². The Kier molecular flexibility index (Phi) is 16.3. The van der Waals surface area contributed by atoms with E-state index in [1.54, 1.807) is 0 Å². The highest BCUT2D eigenvalue weighted by molar-refractivity contribution is 6.74. The highest BCUT2D eigenvalue weighted by Crippen LogP contribution is 2.38. The average molecular weight is 501 g/mol. The molecule has 0 aromatic rings. The third-order valence-corrected chi connectivity index (χ3v) is 12.4. The number of rotatable bonds is 19. The van der Waals surface area contributed by atoms with E-state index in [2.05, 4.69) is 61.6 Å². The van der Waals surface area contributed by atoms with Crippen molar-refractivity contribution in [3.63, 3.8) is 0 Å². The normalized spacial score (nSPS) is 16.0. The maximum atomic E-state index is 12.8. The van der Waals surface area contributed by atoms with Gasteiger partial charge in [-0.3, -0.25) is 9.59 Å². The number of carbonyl (C=O) groups is 2. The van der Waals surface area contributed by atoms with Gasteiger partial charge in [-0.05, 0) is 42.3 Å². The van der Waals surface area contributed by atoms with Crippen LogP contribution in [-0.4, -0.2) is 38.1 Å². The van der Waals surface area contributed by atoms with Crippen LogP contribution in [-0.2, 0) is 18.8 Å². The minimum absolute atomic E-state index is 0.00429. The van der Waals surface area contributed by atoms with Crippen molar-refractivity contribution >= 4 is 20.3 Å². The third kappa shape index (κ3) is 13.3. The topological polar surface area (TPSA) is 72.8 Å². The number of esters is 1. The highest BCUT2D eigenvalue weighted by atomic mass is 28.4. The van der Waals surface area contributed by atoms with Crippen molar-refractivity contribution in [2.45, 2.75) is 143 Å². The highest BCUT2D eigenvalue weighted by Gasteiger charge is 2.40. The Hall–Kier alpha value is -0.883. The van der Waals surface area contributed by atoms with Gasteiger partial charge in [0.05, 0.1) is 25.6 Å². The Morgan fingerprint density at radius 3 is 1.94 bits per heavy atom. The van der Waals surface area contributed by atoms with Crippen molar-refractivity contribution in [1.29, 1.82) is 0 Å². The van der Waals surface area contributed by atoms with Gasteiger partial charge in [-0.15, -0.1) is 0 Å². The molecule has 5 nitrogen and oxygen atoms in total. The van der Waals surface area contributed by atoms with Crippen LogP contribution in [0.25, 0.3) is 0 Å². The van der Waals surface area contributed by atoms with Crippen molar-refractivity contribution in [2.24, 2.45) is 17.8 Å². The van der Waals surface area contributed by atoms with E-state index < -0.39 is 20.4 Å². The summed E-state index contributed by atoms with van der Waals surface area (Å²) in [5.74, 6) is 0.313. The van der Waals surface area contributed by atoms with E-state index in [0.717, 1.165) is 19.3 Å². The lowest BCUT2D eigenvalue weighted by Gasteiger charge is -2.38. The van der Waals surface area contributed by atoms with Crippen molar-refractivity contribution in [1.82, 2.24) is 0 Å². The Morgan fingerprint density at radius 1 is 0.882 bits per heavy atom. The van der Waals surface area contributed by atoms with E-state index in [1.165, 1.54) is 38.5 Å². The third-order valence-electron chi connectivity index (χ3n) is 7.82. The van der Waals surface area contributed by atoms with Crippen molar-refractivity contribution < 1.29 is 23.9 Å². The first kappa shape index (κ1) is 33.1. The number of unbranched alkanes of at least 4 members (excludes halogenated alkanes) is 2. The van der Waals surface area contributed by atoms with Crippen LogP contribution in [0.5, 0.6) is 0 Å². The van der Waals surface area contributed by atoms with Gasteiger partial charge in [-0.2, -0.15) is 0 Å². The summed E-state index contributed by atoms with van der Waals surface area (Å²) in [7, 11) is -2.20.